The van der Waals surface area contributed by atoms with Gasteiger partial charge in [-0.15, -0.1) is 11.3 Å². The molecule has 0 saturated carbocycles. The normalized spacial score (nSPS) is 11.7. The molecule has 11 nitrogen and oxygen atoms in total. The Morgan fingerprint density at radius 1 is 1.08 bits per heavy atom. The van der Waals surface area contributed by atoms with Gasteiger partial charge in [0.05, 0.1) is 40.1 Å². The van der Waals surface area contributed by atoms with Crippen molar-refractivity contribution in [2.75, 3.05) is 25.0 Å². The largest absolute Gasteiger partial charge is 0.464 e. The van der Waals surface area contributed by atoms with Crippen LogP contribution in [-0.4, -0.2) is 63.7 Å². The quantitative estimate of drug-likeness (QED) is 0.155. The summed E-state index contributed by atoms with van der Waals surface area (Å²) in [5.41, 5.74) is 3.43. The second kappa shape index (κ2) is 13.0. The molecule has 4 aromatic rings. The first-order valence-corrected chi connectivity index (χ1v) is 13.5. The molecular formula is C27H31N7O4S. The molecule has 0 spiro atoms. The molecule has 4 rings (SSSR count). The third-order valence-corrected chi connectivity index (χ3v) is 6.94. The molecule has 4 N–H and O–H groups in total. The Morgan fingerprint density at radius 3 is 2.59 bits per heavy atom. The van der Waals surface area contributed by atoms with Gasteiger partial charge in [0.2, 0.25) is 5.95 Å². The Labute approximate surface area is 229 Å². The zero-order chi connectivity index (χ0) is 27.8. The number of thiophene rings is 1. The van der Waals surface area contributed by atoms with Gasteiger partial charge >= 0.3 is 5.97 Å². The number of aromatic amines is 1. The maximum atomic E-state index is 13.2. The van der Waals surface area contributed by atoms with Gasteiger partial charge in [0, 0.05) is 18.5 Å². The Balaban J connectivity index is 1.36. The van der Waals surface area contributed by atoms with Gasteiger partial charge in [0.15, 0.2) is 0 Å². The lowest BCUT2D eigenvalue weighted by Gasteiger charge is -2.19. The summed E-state index contributed by atoms with van der Waals surface area (Å²) < 4.78 is 5.10. The minimum Gasteiger partial charge on any atom is -0.464 e. The van der Waals surface area contributed by atoms with E-state index in [0.29, 0.717) is 28.8 Å². The van der Waals surface area contributed by atoms with E-state index in [9.17, 15) is 14.4 Å². The van der Waals surface area contributed by atoms with Crippen LogP contribution in [0.15, 0.2) is 41.9 Å². The summed E-state index contributed by atoms with van der Waals surface area (Å²) in [6.07, 6.45) is 3.55. The average Bonchev–Trinajstić information content (AvgIpc) is 3.61. The minimum absolute atomic E-state index is 0.119. The lowest BCUT2D eigenvalue weighted by atomic mass is 10.1. The molecule has 3 aromatic heterocycles. The fraction of sp³-hybridized carbons (Fsp3) is 0.333. The number of aromatic nitrogens is 4. The SMILES string of the molecule is CCOC(=O)C(CNC(=O)c1cccs1)NC(=O)c1c(C)nc(NCCCc2cccc3[nH]ncc23)nc1C. The second-order valence-electron chi connectivity index (χ2n) is 8.84. The highest BCUT2D eigenvalue weighted by molar-refractivity contribution is 7.12. The van der Waals surface area contributed by atoms with E-state index in [1.165, 1.54) is 16.9 Å². The zero-order valence-corrected chi connectivity index (χ0v) is 22.9. The van der Waals surface area contributed by atoms with Crippen LogP contribution in [-0.2, 0) is 16.0 Å². The molecule has 0 bridgehead atoms. The van der Waals surface area contributed by atoms with Crippen LogP contribution in [0.4, 0.5) is 5.95 Å². The van der Waals surface area contributed by atoms with Crippen molar-refractivity contribution in [1.82, 2.24) is 30.8 Å². The molecule has 3 heterocycles. The monoisotopic (exact) mass is 549 g/mol. The summed E-state index contributed by atoms with van der Waals surface area (Å²) >= 11 is 1.28. The molecule has 0 aliphatic carbocycles. The molecule has 204 valence electrons. The molecule has 1 atom stereocenters. The smallest absolute Gasteiger partial charge is 0.330 e. The van der Waals surface area contributed by atoms with Crippen LogP contribution in [0, 0.1) is 13.8 Å². The lowest BCUT2D eigenvalue weighted by Crippen LogP contribution is -2.49. The minimum atomic E-state index is -1.07. The van der Waals surface area contributed by atoms with E-state index >= 15 is 0 Å². The number of rotatable bonds is 12. The van der Waals surface area contributed by atoms with Gasteiger partial charge in [-0.3, -0.25) is 14.7 Å². The van der Waals surface area contributed by atoms with Crippen LogP contribution in [0.1, 0.15) is 50.3 Å². The number of esters is 1. The van der Waals surface area contributed by atoms with Gasteiger partial charge in [-0.2, -0.15) is 5.10 Å². The van der Waals surface area contributed by atoms with E-state index in [1.807, 2.05) is 18.3 Å². The number of hydrogen-bond donors (Lipinski definition) is 4. The van der Waals surface area contributed by atoms with E-state index < -0.39 is 17.9 Å². The van der Waals surface area contributed by atoms with E-state index in [0.717, 1.165) is 23.7 Å². The summed E-state index contributed by atoms with van der Waals surface area (Å²) in [6.45, 7) is 5.77. The van der Waals surface area contributed by atoms with Crippen LogP contribution in [0.25, 0.3) is 10.9 Å². The maximum Gasteiger partial charge on any atom is 0.330 e. The van der Waals surface area contributed by atoms with Crippen LogP contribution in [0.5, 0.6) is 0 Å². The van der Waals surface area contributed by atoms with Gasteiger partial charge in [-0.1, -0.05) is 18.2 Å². The Hall–Kier alpha value is -4.32. The molecule has 0 radical (unpaired) electrons. The molecule has 0 saturated heterocycles. The summed E-state index contributed by atoms with van der Waals surface area (Å²) in [6, 6.07) is 8.46. The number of ether oxygens (including phenoxy) is 1. The third-order valence-electron chi connectivity index (χ3n) is 6.07. The average molecular weight is 550 g/mol. The Morgan fingerprint density at radius 2 is 1.87 bits per heavy atom. The van der Waals surface area contributed by atoms with Crippen LogP contribution in [0.2, 0.25) is 0 Å². The highest BCUT2D eigenvalue weighted by atomic mass is 32.1. The Bertz CT molecular complexity index is 1430. The number of anilines is 1. The van der Waals surface area contributed by atoms with Crippen molar-refractivity contribution >= 4 is 46.0 Å². The van der Waals surface area contributed by atoms with Crippen molar-refractivity contribution in [3.8, 4) is 0 Å². The summed E-state index contributed by atoms with van der Waals surface area (Å²) in [4.78, 5) is 47.4. The van der Waals surface area contributed by atoms with E-state index in [1.54, 1.807) is 38.3 Å². The highest BCUT2D eigenvalue weighted by Crippen LogP contribution is 2.18. The van der Waals surface area contributed by atoms with Crippen molar-refractivity contribution in [3.05, 3.63) is 69.3 Å². The fourth-order valence-corrected chi connectivity index (χ4v) is 4.85. The number of hydrogen-bond acceptors (Lipinski definition) is 9. The number of amides is 2. The topological polar surface area (TPSA) is 151 Å². The molecule has 12 heteroatoms. The number of fused-ring (bicyclic) bond motifs is 1. The number of aryl methyl sites for hydroxylation is 3. The fourth-order valence-electron chi connectivity index (χ4n) is 4.21. The van der Waals surface area contributed by atoms with Crippen LogP contribution >= 0.6 is 11.3 Å². The van der Waals surface area contributed by atoms with Gasteiger partial charge in [0.1, 0.15) is 6.04 Å². The summed E-state index contributed by atoms with van der Waals surface area (Å²) in [5.74, 6) is -1.07. The van der Waals surface area contributed by atoms with Gasteiger partial charge < -0.3 is 20.7 Å². The van der Waals surface area contributed by atoms with Gasteiger partial charge in [-0.05, 0) is 56.7 Å². The first kappa shape index (κ1) is 27.7. The third kappa shape index (κ3) is 6.96. The standard InChI is InChI=1S/C27H31N7O4S/c1-4-38-26(37)21(15-29-24(35)22-11-7-13-39-22)33-25(36)23-16(2)31-27(32-17(23)3)28-12-6-9-18-8-5-10-20-19(18)14-30-34-20/h5,7-8,10-11,13-14,21H,4,6,9,12,15H2,1-3H3,(H,29,35)(H,30,34)(H,33,36)(H,28,31,32). The number of carbonyl (C=O) groups excluding carboxylic acids is 3. The molecule has 1 unspecified atom stereocenters. The molecule has 1 aromatic carbocycles. The van der Waals surface area contributed by atoms with Crippen molar-refractivity contribution in [2.45, 2.75) is 39.7 Å². The summed E-state index contributed by atoms with van der Waals surface area (Å²) in [5, 5.41) is 18.6. The van der Waals surface area contributed by atoms with E-state index in [4.69, 9.17) is 4.74 Å². The molecular weight excluding hydrogens is 518 g/mol. The summed E-state index contributed by atoms with van der Waals surface area (Å²) in [7, 11) is 0. The molecule has 0 aliphatic heterocycles. The molecule has 39 heavy (non-hydrogen) atoms. The molecule has 0 aliphatic rings. The number of nitrogens with one attached hydrogen (secondary N) is 4. The van der Waals surface area contributed by atoms with Crippen molar-refractivity contribution in [3.63, 3.8) is 0 Å². The van der Waals surface area contributed by atoms with Crippen molar-refractivity contribution < 1.29 is 19.1 Å². The Kier molecular flexibility index (Phi) is 9.21. The maximum absolute atomic E-state index is 13.2. The lowest BCUT2D eigenvalue weighted by molar-refractivity contribution is -0.145. The predicted octanol–water partition coefficient (Wildman–Crippen LogP) is 3.17. The number of nitrogens with zero attached hydrogens (tertiary/aromatic N) is 3. The van der Waals surface area contributed by atoms with Gasteiger partial charge in [0.25, 0.3) is 11.8 Å². The van der Waals surface area contributed by atoms with Crippen molar-refractivity contribution in [1.29, 1.82) is 0 Å². The first-order chi connectivity index (χ1) is 18.9. The number of H-pyrrole nitrogens is 1. The van der Waals surface area contributed by atoms with Crippen molar-refractivity contribution in [2.24, 2.45) is 0 Å². The van der Waals surface area contributed by atoms with Crippen LogP contribution < -0.4 is 16.0 Å². The predicted molar refractivity (Wildman–Crippen MR) is 149 cm³/mol. The van der Waals surface area contributed by atoms with Crippen LogP contribution in [0.3, 0.4) is 0 Å². The highest BCUT2D eigenvalue weighted by Gasteiger charge is 2.26. The van der Waals surface area contributed by atoms with Gasteiger partial charge in [-0.25, -0.2) is 14.8 Å². The first-order valence-electron chi connectivity index (χ1n) is 12.7. The van der Waals surface area contributed by atoms with E-state index in [2.05, 4.69) is 42.2 Å². The second-order valence-corrected chi connectivity index (χ2v) is 9.78. The van der Waals surface area contributed by atoms with E-state index in [-0.39, 0.29) is 24.6 Å². The number of benzene rings is 1. The molecule has 2 amide bonds. The molecule has 0 fully saturated rings. The zero-order valence-electron chi connectivity index (χ0n) is 22.0. The number of carbonyl (C=O) groups is 3.